The second-order valence-electron chi connectivity index (χ2n) is 4.52. The van der Waals surface area contributed by atoms with E-state index in [9.17, 15) is 9.18 Å². The van der Waals surface area contributed by atoms with Gasteiger partial charge in [-0.1, -0.05) is 26.0 Å². The van der Waals surface area contributed by atoms with Gasteiger partial charge < -0.3 is 10.4 Å². The molecule has 0 aliphatic carbocycles. The Kier molecular flexibility index (Phi) is 4.63. The number of halogens is 1. The Balaban J connectivity index is 2.65. The van der Waals surface area contributed by atoms with E-state index in [-0.39, 0.29) is 11.7 Å². The van der Waals surface area contributed by atoms with Gasteiger partial charge in [0.25, 0.3) is 0 Å². The topological polar surface area (TPSA) is 49.3 Å². The van der Waals surface area contributed by atoms with Crippen molar-refractivity contribution in [2.24, 2.45) is 5.92 Å². The highest BCUT2D eigenvalue weighted by molar-refractivity contribution is 5.73. The highest BCUT2D eigenvalue weighted by Crippen LogP contribution is 2.10. The van der Waals surface area contributed by atoms with Crippen molar-refractivity contribution in [3.63, 3.8) is 0 Å². The third kappa shape index (κ3) is 3.82. The van der Waals surface area contributed by atoms with Gasteiger partial charge in [0, 0.05) is 6.54 Å². The third-order valence-corrected chi connectivity index (χ3v) is 2.68. The number of hydrogen-bond donors (Lipinski definition) is 2. The van der Waals surface area contributed by atoms with Gasteiger partial charge in [0.05, 0.1) is 0 Å². The molecule has 2 N–H and O–H groups in total. The van der Waals surface area contributed by atoms with E-state index >= 15 is 0 Å². The largest absolute Gasteiger partial charge is 0.480 e. The minimum Gasteiger partial charge on any atom is -0.480 e. The minimum absolute atomic E-state index is 0.00838. The first-order valence-electron chi connectivity index (χ1n) is 5.63. The molecule has 0 aliphatic rings. The lowest BCUT2D eigenvalue weighted by atomic mass is 10.0. The summed E-state index contributed by atoms with van der Waals surface area (Å²) in [5.74, 6) is -1.10. The summed E-state index contributed by atoms with van der Waals surface area (Å²) in [6.45, 7) is 5.82. The summed E-state index contributed by atoms with van der Waals surface area (Å²) < 4.78 is 13.0. The summed E-state index contributed by atoms with van der Waals surface area (Å²) in [6, 6.07) is 4.20. The van der Waals surface area contributed by atoms with E-state index in [4.69, 9.17) is 5.11 Å². The van der Waals surface area contributed by atoms with Gasteiger partial charge in [-0.05, 0) is 30.0 Å². The van der Waals surface area contributed by atoms with Gasteiger partial charge in [0.1, 0.15) is 11.9 Å². The molecule has 0 spiro atoms. The van der Waals surface area contributed by atoms with Crippen LogP contribution in [0.15, 0.2) is 18.2 Å². The van der Waals surface area contributed by atoms with E-state index in [1.165, 1.54) is 6.07 Å². The second kappa shape index (κ2) is 5.77. The molecule has 0 aliphatic heterocycles. The maximum absolute atomic E-state index is 13.0. The van der Waals surface area contributed by atoms with Gasteiger partial charge in [-0.3, -0.25) is 4.79 Å². The summed E-state index contributed by atoms with van der Waals surface area (Å²) in [6.07, 6.45) is 0. The summed E-state index contributed by atoms with van der Waals surface area (Å²) in [4.78, 5) is 11.0. The van der Waals surface area contributed by atoms with Crippen molar-refractivity contribution in [2.45, 2.75) is 33.4 Å². The van der Waals surface area contributed by atoms with Crippen molar-refractivity contribution >= 4 is 5.97 Å². The van der Waals surface area contributed by atoms with Crippen molar-refractivity contribution in [2.75, 3.05) is 0 Å². The molecule has 94 valence electrons. The fraction of sp³-hybridized carbons (Fsp3) is 0.462. The van der Waals surface area contributed by atoms with Gasteiger partial charge in [0.2, 0.25) is 0 Å². The summed E-state index contributed by atoms with van der Waals surface area (Å²) in [5.41, 5.74) is 1.46. The monoisotopic (exact) mass is 239 g/mol. The van der Waals surface area contributed by atoms with Crippen LogP contribution in [0.5, 0.6) is 0 Å². The lowest BCUT2D eigenvalue weighted by Gasteiger charge is -2.18. The van der Waals surface area contributed by atoms with Crippen LogP contribution in [0.3, 0.4) is 0 Å². The van der Waals surface area contributed by atoms with Crippen LogP contribution in [0.25, 0.3) is 0 Å². The van der Waals surface area contributed by atoms with Crippen LogP contribution in [0.1, 0.15) is 25.0 Å². The highest BCUT2D eigenvalue weighted by atomic mass is 19.1. The Hall–Kier alpha value is -1.42. The van der Waals surface area contributed by atoms with E-state index in [0.717, 1.165) is 5.56 Å². The maximum Gasteiger partial charge on any atom is 0.320 e. The molecule has 0 saturated heterocycles. The number of carboxylic acids is 1. The Morgan fingerprint density at radius 2 is 2.12 bits per heavy atom. The number of carbonyl (C=O) groups is 1. The summed E-state index contributed by atoms with van der Waals surface area (Å²) in [7, 11) is 0. The van der Waals surface area contributed by atoms with Crippen LogP contribution in [0.2, 0.25) is 0 Å². The zero-order valence-corrected chi connectivity index (χ0v) is 10.3. The van der Waals surface area contributed by atoms with E-state index in [0.29, 0.717) is 12.1 Å². The van der Waals surface area contributed by atoms with Gasteiger partial charge in [-0.15, -0.1) is 0 Å². The molecule has 0 heterocycles. The van der Waals surface area contributed by atoms with Crippen LogP contribution >= 0.6 is 0 Å². The van der Waals surface area contributed by atoms with Gasteiger partial charge >= 0.3 is 5.97 Å². The van der Waals surface area contributed by atoms with Crippen molar-refractivity contribution < 1.29 is 14.3 Å². The molecular formula is C13H18FNO2. The Bertz CT molecular complexity index is 404. The predicted molar refractivity (Wildman–Crippen MR) is 64.2 cm³/mol. The van der Waals surface area contributed by atoms with Crippen LogP contribution < -0.4 is 5.32 Å². The smallest absolute Gasteiger partial charge is 0.320 e. The molecule has 1 aromatic rings. The molecule has 0 aromatic heterocycles. The molecule has 17 heavy (non-hydrogen) atoms. The van der Waals surface area contributed by atoms with Crippen LogP contribution in [0, 0.1) is 18.7 Å². The first-order valence-corrected chi connectivity index (χ1v) is 5.63. The number of carboxylic acid groups (broad SMARTS) is 1. The van der Waals surface area contributed by atoms with Crippen LogP contribution in [0.4, 0.5) is 4.39 Å². The molecule has 1 atom stereocenters. The molecule has 1 aromatic carbocycles. The average Bonchev–Trinajstić information content (AvgIpc) is 2.22. The zero-order valence-electron chi connectivity index (χ0n) is 10.3. The van der Waals surface area contributed by atoms with Gasteiger partial charge in [-0.2, -0.15) is 0 Å². The minimum atomic E-state index is -0.862. The standard InChI is InChI=1S/C13H18FNO2/c1-8(2)12(13(16)17)15-7-10-4-5-11(14)9(3)6-10/h4-6,8,12,15H,7H2,1-3H3,(H,16,17)/t12-/m0/s1. The quantitative estimate of drug-likeness (QED) is 0.829. The van der Waals surface area contributed by atoms with E-state index in [2.05, 4.69) is 5.32 Å². The van der Waals surface area contributed by atoms with Crippen molar-refractivity contribution in [3.8, 4) is 0 Å². The lowest BCUT2D eigenvalue weighted by molar-refractivity contribution is -0.140. The predicted octanol–water partition coefficient (Wildman–Crippen LogP) is 2.33. The third-order valence-electron chi connectivity index (χ3n) is 2.68. The van der Waals surface area contributed by atoms with Gasteiger partial charge in [-0.25, -0.2) is 4.39 Å². The van der Waals surface area contributed by atoms with Crippen LogP contribution in [-0.2, 0) is 11.3 Å². The highest BCUT2D eigenvalue weighted by Gasteiger charge is 2.20. The molecule has 0 amide bonds. The summed E-state index contributed by atoms with van der Waals surface area (Å²) >= 11 is 0. The van der Waals surface area contributed by atoms with Crippen molar-refractivity contribution in [1.29, 1.82) is 0 Å². The van der Waals surface area contributed by atoms with E-state index < -0.39 is 12.0 Å². The van der Waals surface area contributed by atoms with E-state index in [1.807, 2.05) is 13.8 Å². The fourth-order valence-electron chi connectivity index (χ4n) is 1.65. The first kappa shape index (κ1) is 13.6. The molecule has 3 nitrogen and oxygen atoms in total. The van der Waals surface area contributed by atoms with E-state index in [1.54, 1.807) is 19.1 Å². The number of aliphatic carboxylic acids is 1. The molecule has 0 fully saturated rings. The molecule has 0 radical (unpaired) electrons. The second-order valence-corrected chi connectivity index (χ2v) is 4.52. The average molecular weight is 239 g/mol. The SMILES string of the molecule is Cc1cc(CN[C@H](C(=O)O)C(C)C)ccc1F. The van der Waals surface area contributed by atoms with Crippen molar-refractivity contribution in [3.05, 3.63) is 35.1 Å². The number of rotatable bonds is 5. The molecule has 4 heteroatoms. The fourth-order valence-corrected chi connectivity index (χ4v) is 1.65. The Labute approximate surface area is 101 Å². The zero-order chi connectivity index (χ0) is 13.0. The first-order chi connectivity index (χ1) is 7.91. The number of aryl methyl sites for hydroxylation is 1. The normalized spacial score (nSPS) is 12.8. The number of nitrogens with one attached hydrogen (secondary N) is 1. The molecular weight excluding hydrogens is 221 g/mol. The maximum atomic E-state index is 13.0. The Morgan fingerprint density at radius 3 is 2.59 bits per heavy atom. The van der Waals surface area contributed by atoms with Gasteiger partial charge in [0.15, 0.2) is 0 Å². The van der Waals surface area contributed by atoms with Crippen LogP contribution in [-0.4, -0.2) is 17.1 Å². The Morgan fingerprint density at radius 1 is 1.47 bits per heavy atom. The number of benzene rings is 1. The molecule has 0 bridgehead atoms. The molecule has 1 rings (SSSR count). The molecule has 0 saturated carbocycles. The van der Waals surface area contributed by atoms with Crippen molar-refractivity contribution in [1.82, 2.24) is 5.32 Å². The molecule has 0 unspecified atom stereocenters. The summed E-state index contributed by atoms with van der Waals surface area (Å²) in [5, 5.41) is 12.0. The lowest BCUT2D eigenvalue weighted by Crippen LogP contribution is -2.40. The number of hydrogen-bond acceptors (Lipinski definition) is 2.